The van der Waals surface area contributed by atoms with Gasteiger partial charge in [-0.2, -0.15) is 0 Å². The van der Waals surface area contributed by atoms with Crippen LogP contribution in [0.1, 0.15) is 25.3 Å². The number of hydrogen-bond acceptors (Lipinski definition) is 3. The summed E-state index contributed by atoms with van der Waals surface area (Å²) >= 11 is 0. The molecule has 0 bridgehead atoms. The molecule has 0 radical (unpaired) electrons. The van der Waals surface area contributed by atoms with E-state index >= 15 is 0 Å². The molecule has 1 aromatic carbocycles. The second-order valence-electron chi connectivity index (χ2n) is 5.42. The molecule has 1 aromatic heterocycles. The minimum Gasteiger partial charge on any atom is -0.464 e. The lowest BCUT2D eigenvalue weighted by Crippen LogP contribution is -2.46. The Bertz CT molecular complexity index is 554. The van der Waals surface area contributed by atoms with Gasteiger partial charge in [-0.15, -0.1) is 0 Å². The van der Waals surface area contributed by atoms with Crippen molar-refractivity contribution in [1.82, 2.24) is 5.32 Å². The third-order valence-corrected chi connectivity index (χ3v) is 4.05. The SMILES string of the molecule is CNC(C1CC1)C(C)(O)c1ccc2ccoc2c1. The average molecular weight is 245 g/mol. The Morgan fingerprint density at radius 1 is 1.39 bits per heavy atom. The zero-order chi connectivity index (χ0) is 12.8. The molecule has 0 saturated heterocycles. The molecule has 2 unspecified atom stereocenters. The van der Waals surface area contributed by atoms with Gasteiger partial charge in [0, 0.05) is 11.4 Å². The first-order chi connectivity index (χ1) is 8.63. The number of furan rings is 1. The fourth-order valence-corrected chi connectivity index (χ4v) is 2.85. The summed E-state index contributed by atoms with van der Waals surface area (Å²) in [5.74, 6) is 0.581. The van der Waals surface area contributed by atoms with Crippen LogP contribution in [0, 0.1) is 5.92 Å². The molecule has 0 amide bonds. The highest BCUT2D eigenvalue weighted by Crippen LogP contribution is 2.41. The van der Waals surface area contributed by atoms with Gasteiger partial charge >= 0.3 is 0 Å². The van der Waals surface area contributed by atoms with E-state index in [4.69, 9.17) is 4.42 Å². The predicted molar refractivity (Wildman–Crippen MR) is 71.4 cm³/mol. The van der Waals surface area contributed by atoms with Crippen LogP contribution in [-0.4, -0.2) is 18.2 Å². The fraction of sp³-hybridized carbons (Fsp3) is 0.467. The molecule has 1 aliphatic carbocycles. The lowest BCUT2D eigenvalue weighted by Gasteiger charge is -2.33. The summed E-state index contributed by atoms with van der Waals surface area (Å²) < 4.78 is 5.41. The molecule has 2 aromatic rings. The lowest BCUT2D eigenvalue weighted by atomic mass is 9.85. The van der Waals surface area contributed by atoms with Gasteiger partial charge in [0.25, 0.3) is 0 Å². The van der Waals surface area contributed by atoms with Gasteiger partial charge in [-0.05, 0) is 50.4 Å². The van der Waals surface area contributed by atoms with Crippen molar-refractivity contribution in [3.63, 3.8) is 0 Å². The van der Waals surface area contributed by atoms with Crippen molar-refractivity contribution in [1.29, 1.82) is 0 Å². The van der Waals surface area contributed by atoms with Crippen LogP contribution in [0.4, 0.5) is 0 Å². The van der Waals surface area contributed by atoms with Crippen LogP contribution in [0.2, 0.25) is 0 Å². The quantitative estimate of drug-likeness (QED) is 0.870. The second-order valence-corrected chi connectivity index (χ2v) is 5.42. The number of rotatable bonds is 4. The Morgan fingerprint density at radius 2 is 2.17 bits per heavy atom. The molecule has 1 aliphatic rings. The molecule has 3 rings (SSSR count). The number of fused-ring (bicyclic) bond motifs is 1. The van der Waals surface area contributed by atoms with Crippen LogP contribution in [0.25, 0.3) is 11.0 Å². The summed E-state index contributed by atoms with van der Waals surface area (Å²) in [6.07, 6.45) is 4.08. The summed E-state index contributed by atoms with van der Waals surface area (Å²) in [5.41, 5.74) is 0.881. The molecule has 2 N–H and O–H groups in total. The molecule has 0 aliphatic heterocycles. The maximum Gasteiger partial charge on any atom is 0.134 e. The van der Waals surface area contributed by atoms with E-state index in [2.05, 4.69) is 5.32 Å². The number of nitrogens with one attached hydrogen (secondary N) is 1. The maximum absolute atomic E-state index is 10.8. The van der Waals surface area contributed by atoms with Crippen LogP contribution >= 0.6 is 0 Å². The first kappa shape index (κ1) is 11.8. The fourth-order valence-electron chi connectivity index (χ4n) is 2.85. The molecule has 3 nitrogen and oxygen atoms in total. The van der Waals surface area contributed by atoms with Crippen LogP contribution in [-0.2, 0) is 5.60 Å². The molecule has 96 valence electrons. The number of hydrogen-bond donors (Lipinski definition) is 2. The van der Waals surface area contributed by atoms with Crippen molar-refractivity contribution in [2.45, 2.75) is 31.4 Å². The standard InChI is InChI=1S/C15H19NO2/c1-15(17,14(16-2)11-3-4-11)12-6-5-10-7-8-18-13(10)9-12/h5-9,11,14,16-17H,3-4H2,1-2H3. The Hall–Kier alpha value is -1.32. The van der Waals surface area contributed by atoms with Gasteiger partial charge in [0.15, 0.2) is 0 Å². The molecule has 1 saturated carbocycles. The molecule has 18 heavy (non-hydrogen) atoms. The van der Waals surface area contributed by atoms with E-state index in [1.54, 1.807) is 6.26 Å². The molecule has 3 heteroatoms. The minimum absolute atomic E-state index is 0.102. The Morgan fingerprint density at radius 3 is 2.83 bits per heavy atom. The Kier molecular flexibility index (Phi) is 2.68. The first-order valence-corrected chi connectivity index (χ1v) is 6.50. The van der Waals surface area contributed by atoms with Crippen LogP contribution < -0.4 is 5.32 Å². The Balaban J connectivity index is 1.99. The van der Waals surface area contributed by atoms with Crippen molar-refractivity contribution in [2.24, 2.45) is 5.92 Å². The van der Waals surface area contributed by atoms with Gasteiger partial charge in [-0.3, -0.25) is 0 Å². The zero-order valence-electron chi connectivity index (χ0n) is 10.8. The average Bonchev–Trinajstić information content (AvgIpc) is 3.06. The van der Waals surface area contributed by atoms with Crippen LogP contribution in [0.3, 0.4) is 0 Å². The van der Waals surface area contributed by atoms with E-state index in [9.17, 15) is 5.11 Å². The summed E-state index contributed by atoms with van der Waals surface area (Å²) in [5, 5.41) is 15.2. The Labute approximate surface area is 107 Å². The predicted octanol–water partition coefficient (Wildman–Crippen LogP) is 2.64. The molecule has 1 heterocycles. The molecule has 0 spiro atoms. The van der Waals surface area contributed by atoms with Crippen molar-refractivity contribution >= 4 is 11.0 Å². The largest absolute Gasteiger partial charge is 0.464 e. The third-order valence-electron chi connectivity index (χ3n) is 4.05. The van der Waals surface area contributed by atoms with Gasteiger partial charge in [0.1, 0.15) is 11.2 Å². The highest BCUT2D eigenvalue weighted by atomic mass is 16.3. The van der Waals surface area contributed by atoms with E-state index < -0.39 is 5.60 Å². The maximum atomic E-state index is 10.8. The van der Waals surface area contributed by atoms with E-state index in [1.165, 1.54) is 12.8 Å². The summed E-state index contributed by atoms with van der Waals surface area (Å²) in [6, 6.07) is 7.98. The number of benzene rings is 1. The normalized spacial score (nSPS) is 20.8. The lowest BCUT2D eigenvalue weighted by molar-refractivity contribution is 0.00972. The van der Waals surface area contributed by atoms with E-state index in [1.807, 2.05) is 38.2 Å². The molecular weight excluding hydrogens is 226 g/mol. The van der Waals surface area contributed by atoms with E-state index in [0.717, 1.165) is 16.5 Å². The second kappa shape index (κ2) is 4.11. The van der Waals surface area contributed by atoms with E-state index in [-0.39, 0.29) is 6.04 Å². The zero-order valence-corrected chi connectivity index (χ0v) is 10.8. The van der Waals surface area contributed by atoms with E-state index in [0.29, 0.717) is 5.92 Å². The highest BCUT2D eigenvalue weighted by Gasteiger charge is 2.43. The summed E-state index contributed by atoms with van der Waals surface area (Å²) in [7, 11) is 1.92. The van der Waals surface area contributed by atoms with Gasteiger partial charge < -0.3 is 14.8 Å². The monoisotopic (exact) mass is 245 g/mol. The van der Waals surface area contributed by atoms with Crippen molar-refractivity contribution < 1.29 is 9.52 Å². The van der Waals surface area contributed by atoms with Gasteiger partial charge in [-0.25, -0.2) is 0 Å². The van der Waals surface area contributed by atoms with Crippen molar-refractivity contribution in [3.05, 3.63) is 36.1 Å². The smallest absolute Gasteiger partial charge is 0.134 e. The minimum atomic E-state index is -0.864. The van der Waals surface area contributed by atoms with Crippen molar-refractivity contribution in [2.75, 3.05) is 7.05 Å². The van der Waals surface area contributed by atoms with Crippen LogP contribution in [0.15, 0.2) is 34.9 Å². The summed E-state index contributed by atoms with van der Waals surface area (Å²) in [4.78, 5) is 0. The molecule has 1 fully saturated rings. The van der Waals surface area contributed by atoms with Gasteiger partial charge in [0.2, 0.25) is 0 Å². The number of likely N-dealkylation sites (N-methyl/N-ethyl adjacent to an activating group) is 1. The summed E-state index contributed by atoms with van der Waals surface area (Å²) in [6.45, 7) is 1.89. The first-order valence-electron chi connectivity index (χ1n) is 6.50. The van der Waals surface area contributed by atoms with Crippen molar-refractivity contribution in [3.8, 4) is 0 Å². The number of aliphatic hydroxyl groups is 1. The van der Waals surface area contributed by atoms with Gasteiger partial charge in [-0.1, -0.05) is 12.1 Å². The van der Waals surface area contributed by atoms with Crippen LogP contribution in [0.5, 0.6) is 0 Å². The topological polar surface area (TPSA) is 45.4 Å². The molecular formula is C15H19NO2. The third kappa shape index (κ3) is 1.84. The molecule has 2 atom stereocenters. The highest BCUT2D eigenvalue weighted by molar-refractivity contribution is 5.77. The van der Waals surface area contributed by atoms with Gasteiger partial charge in [0.05, 0.1) is 6.26 Å².